The topological polar surface area (TPSA) is 42.2 Å². The second kappa shape index (κ2) is 5.99. The van der Waals surface area contributed by atoms with Crippen LogP contribution >= 0.6 is 11.6 Å². The smallest absolute Gasteiger partial charge is 0.228 e. The summed E-state index contributed by atoms with van der Waals surface area (Å²) in [7, 11) is 0. The van der Waals surface area contributed by atoms with Gasteiger partial charge < -0.3 is 9.73 Å². The van der Waals surface area contributed by atoms with Crippen LogP contribution in [0.25, 0.3) is 11.0 Å². The molecular weight excluding hydrogens is 322 g/mol. The summed E-state index contributed by atoms with van der Waals surface area (Å²) in [6.07, 6.45) is 5.39. The minimum atomic E-state index is -0.0936. The van der Waals surface area contributed by atoms with Gasteiger partial charge in [0.1, 0.15) is 5.58 Å². The van der Waals surface area contributed by atoms with Gasteiger partial charge in [-0.3, -0.25) is 4.79 Å². The molecule has 0 unspecified atom stereocenters. The van der Waals surface area contributed by atoms with Crippen LogP contribution in [0.4, 0.5) is 5.69 Å². The SMILES string of the molecule is Cc1ccc(NC(=O)Cc2coc3cc4c(cc23)CCC4)c(Cl)c1. The molecule has 0 spiro atoms. The van der Waals surface area contributed by atoms with Gasteiger partial charge in [-0.05, 0) is 67.1 Å². The van der Waals surface area contributed by atoms with Gasteiger partial charge >= 0.3 is 0 Å². The van der Waals surface area contributed by atoms with Crippen molar-refractivity contribution in [2.75, 3.05) is 5.32 Å². The molecule has 0 fully saturated rings. The Balaban J connectivity index is 1.56. The van der Waals surface area contributed by atoms with Gasteiger partial charge in [0, 0.05) is 10.9 Å². The summed E-state index contributed by atoms with van der Waals surface area (Å²) >= 11 is 6.18. The predicted octanol–water partition coefficient (Wildman–Crippen LogP) is 5.06. The van der Waals surface area contributed by atoms with Gasteiger partial charge in [-0.25, -0.2) is 0 Å². The van der Waals surface area contributed by atoms with E-state index in [9.17, 15) is 4.79 Å². The lowest BCUT2D eigenvalue weighted by Gasteiger charge is -2.07. The van der Waals surface area contributed by atoms with Crippen LogP contribution in [0.2, 0.25) is 5.02 Å². The predicted molar refractivity (Wildman–Crippen MR) is 96.8 cm³/mol. The first-order valence-electron chi connectivity index (χ1n) is 8.18. The molecule has 0 atom stereocenters. The van der Waals surface area contributed by atoms with E-state index in [2.05, 4.69) is 17.4 Å². The zero-order valence-corrected chi connectivity index (χ0v) is 14.2. The summed E-state index contributed by atoms with van der Waals surface area (Å²) in [6.45, 7) is 1.97. The van der Waals surface area contributed by atoms with Crippen LogP contribution in [-0.2, 0) is 24.1 Å². The molecule has 0 saturated carbocycles. The Morgan fingerprint density at radius 1 is 1.21 bits per heavy atom. The first-order valence-corrected chi connectivity index (χ1v) is 8.56. The van der Waals surface area contributed by atoms with E-state index >= 15 is 0 Å². The number of halogens is 1. The Morgan fingerprint density at radius 3 is 2.79 bits per heavy atom. The Labute approximate surface area is 145 Å². The average molecular weight is 340 g/mol. The molecule has 1 N–H and O–H groups in total. The summed E-state index contributed by atoms with van der Waals surface area (Å²) in [5.41, 5.74) is 6.24. The number of benzene rings is 2. The van der Waals surface area contributed by atoms with Gasteiger partial charge in [0.2, 0.25) is 5.91 Å². The zero-order valence-electron chi connectivity index (χ0n) is 13.5. The molecule has 0 aliphatic heterocycles. The molecule has 3 aromatic rings. The number of aryl methyl sites for hydroxylation is 3. The minimum Gasteiger partial charge on any atom is -0.464 e. The number of hydrogen-bond donors (Lipinski definition) is 1. The monoisotopic (exact) mass is 339 g/mol. The fraction of sp³-hybridized carbons (Fsp3) is 0.250. The van der Waals surface area contributed by atoms with E-state index in [4.69, 9.17) is 16.0 Å². The molecule has 1 heterocycles. The second-order valence-electron chi connectivity index (χ2n) is 6.44. The Bertz CT molecular complexity index is 942. The summed E-state index contributed by atoms with van der Waals surface area (Å²) in [4.78, 5) is 12.4. The molecule has 1 amide bonds. The number of hydrogen-bond acceptors (Lipinski definition) is 2. The van der Waals surface area contributed by atoms with E-state index < -0.39 is 0 Å². The first kappa shape index (κ1) is 15.3. The summed E-state index contributed by atoms with van der Waals surface area (Å²) in [5.74, 6) is -0.0936. The van der Waals surface area contributed by atoms with Gasteiger partial charge in [-0.1, -0.05) is 17.7 Å². The standard InChI is InChI=1S/C20H18ClNO2/c1-12-5-6-18(17(21)7-12)22-20(23)10-15-11-24-19-9-14-4-2-3-13(14)8-16(15)19/h5-9,11H,2-4,10H2,1H3,(H,22,23). The molecule has 4 rings (SSSR count). The third-order valence-electron chi connectivity index (χ3n) is 4.62. The van der Waals surface area contributed by atoms with Crippen LogP contribution in [0.3, 0.4) is 0 Å². The molecule has 24 heavy (non-hydrogen) atoms. The molecule has 0 radical (unpaired) electrons. The maximum Gasteiger partial charge on any atom is 0.228 e. The molecule has 1 aromatic heterocycles. The average Bonchev–Trinajstić information content (AvgIpc) is 3.15. The quantitative estimate of drug-likeness (QED) is 0.724. The van der Waals surface area contributed by atoms with Crippen LogP contribution in [0.5, 0.6) is 0 Å². The van der Waals surface area contributed by atoms with Crippen LogP contribution in [0.1, 0.15) is 28.7 Å². The van der Waals surface area contributed by atoms with Gasteiger partial charge in [0.15, 0.2) is 0 Å². The number of carbonyl (C=O) groups is 1. The van der Waals surface area contributed by atoms with Crippen molar-refractivity contribution >= 4 is 34.2 Å². The van der Waals surface area contributed by atoms with E-state index in [1.807, 2.05) is 25.1 Å². The number of fused-ring (bicyclic) bond motifs is 2. The number of amides is 1. The molecule has 122 valence electrons. The lowest BCUT2D eigenvalue weighted by molar-refractivity contribution is -0.115. The van der Waals surface area contributed by atoms with Gasteiger partial charge in [-0.2, -0.15) is 0 Å². The third-order valence-corrected chi connectivity index (χ3v) is 4.93. The van der Waals surface area contributed by atoms with Crippen molar-refractivity contribution in [3.8, 4) is 0 Å². The van der Waals surface area contributed by atoms with Crippen molar-refractivity contribution in [1.82, 2.24) is 0 Å². The molecular formula is C20H18ClNO2. The van der Waals surface area contributed by atoms with Crippen LogP contribution < -0.4 is 5.32 Å². The molecule has 1 aliphatic carbocycles. The molecule has 0 saturated heterocycles. The van der Waals surface area contributed by atoms with E-state index in [0.717, 1.165) is 34.9 Å². The number of rotatable bonds is 3. The summed E-state index contributed by atoms with van der Waals surface area (Å²) in [5, 5.41) is 4.48. The highest BCUT2D eigenvalue weighted by Gasteiger charge is 2.17. The van der Waals surface area contributed by atoms with Crippen molar-refractivity contribution < 1.29 is 9.21 Å². The highest BCUT2D eigenvalue weighted by atomic mass is 35.5. The van der Waals surface area contributed by atoms with Crippen molar-refractivity contribution in [2.45, 2.75) is 32.6 Å². The highest BCUT2D eigenvalue weighted by Crippen LogP contribution is 2.31. The maximum absolute atomic E-state index is 12.4. The second-order valence-corrected chi connectivity index (χ2v) is 6.85. The van der Waals surface area contributed by atoms with Gasteiger partial charge in [-0.15, -0.1) is 0 Å². The normalized spacial score (nSPS) is 13.2. The minimum absolute atomic E-state index is 0.0936. The summed E-state index contributed by atoms with van der Waals surface area (Å²) < 4.78 is 5.66. The first-order chi connectivity index (χ1) is 11.6. The molecule has 3 nitrogen and oxygen atoms in total. The number of nitrogens with one attached hydrogen (secondary N) is 1. The summed E-state index contributed by atoms with van der Waals surface area (Å²) in [6, 6.07) is 9.90. The largest absolute Gasteiger partial charge is 0.464 e. The maximum atomic E-state index is 12.4. The number of furan rings is 1. The van der Waals surface area contributed by atoms with Crippen molar-refractivity contribution in [2.24, 2.45) is 0 Å². The van der Waals surface area contributed by atoms with Gasteiger partial charge in [0.05, 0.1) is 23.4 Å². The number of anilines is 1. The Hall–Kier alpha value is -2.26. The lowest BCUT2D eigenvalue weighted by atomic mass is 10.0. The molecule has 2 aromatic carbocycles. The van der Waals surface area contributed by atoms with Crippen LogP contribution in [0.15, 0.2) is 41.0 Å². The highest BCUT2D eigenvalue weighted by molar-refractivity contribution is 6.33. The van der Waals surface area contributed by atoms with E-state index in [0.29, 0.717) is 10.7 Å². The fourth-order valence-corrected chi connectivity index (χ4v) is 3.66. The van der Waals surface area contributed by atoms with E-state index in [-0.39, 0.29) is 12.3 Å². The molecule has 1 aliphatic rings. The van der Waals surface area contributed by atoms with Crippen LogP contribution in [0, 0.1) is 6.92 Å². The molecule has 0 bridgehead atoms. The van der Waals surface area contributed by atoms with Crippen molar-refractivity contribution in [1.29, 1.82) is 0 Å². The molecule has 4 heteroatoms. The Morgan fingerprint density at radius 2 is 2.00 bits per heavy atom. The number of carbonyl (C=O) groups excluding carboxylic acids is 1. The van der Waals surface area contributed by atoms with E-state index in [1.54, 1.807) is 6.26 Å². The van der Waals surface area contributed by atoms with Gasteiger partial charge in [0.25, 0.3) is 0 Å². The third kappa shape index (κ3) is 2.80. The van der Waals surface area contributed by atoms with Crippen LogP contribution in [-0.4, -0.2) is 5.91 Å². The van der Waals surface area contributed by atoms with E-state index in [1.165, 1.54) is 17.5 Å². The Kier molecular flexibility index (Phi) is 3.81. The fourth-order valence-electron chi connectivity index (χ4n) is 3.37. The lowest BCUT2D eigenvalue weighted by Crippen LogP contribution is -2.14. The zero-order chi connectivity index (χ0) is 16.7. The van der Waals surface area contributed by atoms with Crippen molar-refractivity contribution in [3.05, 3.63) is 63.9 Å². The van der Waals surface area contributed by atoms with Crippen molar-refractivity contribution in [3.63, 3.8) is 0 Å².